The Hall–Kier alpha value is -1.80. The zero-order chi connectivity index (χ0) is 13.2. The molecule has 1 aliphatic carbocycles. The van der Waals surface area contributed by atoms with E-state index in [4.69, 9.17) is 5.73 Å². The molecule has 1 saturated carbocycles. The fraction of sp³-hybridized carbons (Fsp3) is 0.294. The van der Waals surface area contributed by atoms with Crippen molar-refractivity contribution >= 4 is 5.69 Å². The molecule has 3 N–H and O–H groups in total. The van der Waals surface area contributed by atoms with E-state index in [-0.39, 0.29) is 0 Å². The van der Waals surface area contributed by atoms with Crippen molar-refractivity contribution in [3.05, 3.63) is 65.2 Å². The van der Waals surface area contributed by atoms with Crippen LogP contribution in [0.25, 0.3) is 0 Å². The number of aliphatic hydroxyl groups is 1. The highest BCUT2D eigenvalue weighted by atomic mass is 16.3. The SMILES string of the molecule is Nc1ccc(C(O)c2cccc(C3CCC3)c2)cc1. The van der Waals surface area contributed by atoms with Crippen molar-refractivity contribution < 1.29 is 5.11 Å². The average Bonchev–Trinajstić information content (AvgIpc) is 2.37. The van der Waals surface area contributed by atoms with E-state index >= 15 is 0 Å². The van der Waals surface area contributed by atoms with Gasteiger partial charge in [0, 0.05) is 5.69 Å². The largest absolute Gasteiger partial charge is 0.399 e. The van der Waals surface area contributed by atoms with Gasteiger partial charge >= 0.3 is 0 Å². The Morgan fingerprint density at radius 1 is 1.00 bits per heavy atom. The molecular weight excluding hydrogens is 234 g/mol. The molecule has 1 fully saturated rings. The Balaban J connectivity index is 1.86. The van der Waals surface area contributed by atoms with Crippen LogP contribution in [0.15, 0.2) is 48.5 Å². The van der Waals surface area contributed by atoms with Gasteiger partial charge < -0.3 is 10.8 Å². The van der Waals surface area contributed by atoms with Gasteiger partial charge in [-0.3, -0.25) is 0 Å². The second-order valence-electron chi connectivity index (χ2n) is 5.37. The van der Waals surface area contributed by atoms with Crippen LogP contribution in [-0.2, 0) is 0 Å². The van der Waals surface area contributed by atoms with Crippen molar-refractivity contribution in [3.63, 3.8) is 0 Å². The first-order chi connectivity index (χ1) is 9.24. The Labute approximate surface area is 113 Å². The second kappa shape index (κ2) is 5.06. The van der Waals surface area contributed by atoms with Crippen molar-refractivity contribution in [2.75, 3.05) is 5.73 Å². The number of hydrogen-bond acceptors (Lipinski definition) is 2. The number of benzene rings is 2. The van der Waals surface area contributed by atoms with Crippen molar-refractivity contribution in [3.8, 4) is 0 Å². The fourth-order valence-corrected chi connectivity index (χ4v) is 2.60. The van der Waals surface area contributed by atoms with Gasteiger partial charge in [-0.05, 0) is 47.6 Å². The van der Waals surface area contributed by atoms with Gasteiger partial charge in [0.2, 0.25) is 0 Å². The number of nitrogens with two attached hydrogens (primary N) is 1. The molecule has 1 unspecified atom stereocenters. The Bertz CT molecular complexity index is 558. The summed E-state index contributed by atoms with van der Waals surface area (Å²) in [6.45, 7) is 0. The van der Waals surface area contributed by atoms with Gasteiger partial charge in [-0.2, -0.15) is 0 Å². The van der Waals surface area contributed by atoms with E-state index in [0.717, 1.165) is 16.8 Å². The van der Waals surface area contributed by atoms with Crippen LogP contribution >= 0.6 is 0 Å². The van der Waals surface area contributed by atoms with Crippen LogP contribution in [0.2, 0.25) is 0 Å². The van der Waals surface area contributed by atoms with E-state index in [1.165, 1.54) is 24.8 Å². The summed E-state index contributed by atoms with van der Waals surface area (Å²) in [5.41, 5.74) is 9.61. The highest BCUT2D eigenvalue weighted by Crippen LogP contribution is 2.37. The molecule has 0 radical (unpaired) electrons. The quantitative estimate of drug-likeness (QED) is 0.821. The third kappa shape index (κ3) is 2.49. The lowest BCUT2D eigenvalue weighted by Gasteiger charge is -2.26. The number of anilines is 1. The number of hydrogen-bond donors (Lipinski definition) is 2. The molecule has 2 aromatic rings. The molecule has 3 rings (SSSR count). The molecule has 1 aliphatic rings. The van der Waals surface area contributed by atoms with E-state index in [2.05, 4.69) is 12.1 Å². The topological polar surface area (TPSA) is 46.2 Å². The molecule has 0 bridgehead atoms. The third-order valence-electron chi connectivity index (χ3n) is 4.06. The fourth-order valence-electron chi connectivity index (χ4n) is 2.60. The van der Waals surface area contributed by atoms with Gasteiger partial charge in [0.1, 0.15) is 6.10 Å². The monoisotopic (exact) mass is 253 g/mol. The first-order valence-electron chi connectivity index (χ1n) is 6.87. The van der Waals surface area contributed by atoms with E-state index in [1.807, 2.05) is 36.4 Å². The molecule has 0 aliphatic heterocycles. The van der Waals surface area contributed by atoms with Crippen LogP contribution in [0.3, 0.4) is 0 Å². The van der Waals surface area contributed by atoms with Gasteiger partial charge in [-0.15, -0.1) is 0 Å². The lowest BCUT2D eigenvalue weighted by Crippen LogP contribution is -2.09. The van der Waals surface area contributed by atoms with E-state index in [0.29, 0.717) is 5.92 Å². The average molecular weight is 253 g/mol. The first-order valence-corrected chi connectivity index (χ1v) is 6.87. The van der Waals surface area contributed by atoms with Crippen LogP contribution < -0.4 is 5.73 Å². The van der Waals surface area contributed by atoms with E-state index < -0.39 is 6.10 Å². The maximum atomic E-state index is 10.4. The lowest BCUT2D eigenvalue weighted by molar-refractivity contribution is 0.220. The maximum Gasteiger partial charge on any atom is 0.104 e. The van der Waals surface area contributed by atoms with Gasteiger partial charge in [0.25, 0.3) is 0 Å². The molecule has 2 nitrogen and oxygen atoms in total. The smallest absolute Gasteiger partial charge is 0.104 e. The molecule has 0 heterocycles. The standard InChI is InChI=1S/C17H19NO/c18-16-9-7-13(8-10-16)17(19)15-6-2-5-14(11-15)12-3-1-4-12/h2,5-12,17,19H,1,3-4,18H2. The predicted molar refractivity (Wildman–Crippen MR) is 78.0 cm³/mol. The molecule has 2 heteroatoms. The number of aliphatic hydroxyl groups excluding tert-OH is 1. The molecule has 0 aromatic heterocycles. The van der Waals surface area contributed by atoms with Crippen LogP contribution in [-0.4, -0.2) is 5.11 Å². The summed E-state index contributed by atoms with van der Waals surface area (Å²) in [6, 6.07) is 15.8. The second-order valence-corrected chi connectivity index (χ2v) is 5.37. The Kier molecular flexibility index (Phi) is 3.26. The van der Waals surface area contributed by atoms with E-state index in [9.17, 15) is 5.11 Å². The predicted octanol–water partition coefficient (Wildman–Crippen LogP) is 3.62. The molecule has 0 saturated heterocycles. The first kappa shape index (κ1) is 12.2. The van der Waals surface area contributed by atoms with Crippen molar-refractivity contribution in [2.24, 2.45) is 0 Å². The normalized spacial score (nSPS) is 16.9. The molecule has 1 atom stereocenters. The van der Waals surface area contributed by atoms with Crippen molar-refractivity contribution in [2.45, 2.75) is 31.3 Å². The molecule has 0 spiro atoms. The summed E-state index contributed by atoms with van der Waals surface area (Å²) in [4.78, 5) is 0. The van der Waals surface area contributed by atoms with Gasteiger partial charge in [-0.25, -0.2) is 0 Å². The summed E-state index contributed by atoms with van der Waals surface area (Å²) in [7, 11) is 0. The summed E-state index contributed by atoms with van der Waals surface area (Å²) >= 11 is 0. The van der Waals surface area contributed by atoms with Crippen LogP contribution in [0, 0.1) is 0 Å². The highest BCUT2D eigenvalue weighted by molar-refractivity contribution is 5.42. The summed E-state index contributed by atoms with van der Waals surface area (Å²) < 4.78 is 0. The summed E-state index contributed by atoms with van der Waals surface area (Å²) in [5.74, 6) is 0.693. The third-order valence-corrected chi connectivity index (χ3v) is 4.06. The van der Waals surface area contributed by atoms with Crippen LogP contribution in [0.4, 0.5) is 5.69 Å². The zero-order valence-electron chi connectivity index (χ0n) is 10.9. The van der Waals surface area contributed by atoms with Crippen LogP contribution in [0.5, 0.6) is 0 Å². The Morgan fingerprint density at radius 2 is 1.74 bits per heavy atom. The molecular formula is C17H19NO. The number of nitrogen functional groups attached to an aromatic ring is 1. The highest BCUT2D eigenvalue weighted by Gasteiger charge is 2.20. The lowest BCUT2D eigenvalue weighted by atomic mass is 9.79. The minimum Gasteiger partial charge on any atom is -0.399 e. The summed E-state index contributed by atoms with van der Waals surface area (Å²) in [5, 5.41) is 10.4. The summed E-state index contributed by atoms with van der Waals surface area (Å²) in [6.07, 6.45) is 3.32. The minimum atomic E-state index is -0.569. The number of rotatable bonds is 3. The van der Waals surface area contributed by atoms with Gasteiger partial charge in [-0.1, -0.05) is 42.8 Å². The maximum absolute atomic E-state index is 10.4. The van der Waals surface area contributed by atoms with Gasteiger partial charge in [0.15, 0.2) is 0 Å². The molecule has 98 valence electrons. The van der Waals surface area contributed by atoms with Crippen LogP contribution in [0.1, 0.15) is 48.0 Å². The van der Waals surface area contributed by atoms with Crippen molar-refractivity contribution in [1.29, 1.82) is 0 Å². The van der Waals surface area contributed by atoms with Crippen molar-refractivity contribution in [1.82, 2.24) is 0 Å². The minimum absolute atomic E-state index is 0.569. The Morgan fingerprint density at radius 3 is 2.37 bits per heavy atom. The van der Waals surface area contributed by atoms with Gasteiger partial charge in [0.05, 0.1) is 0 Å². The molecule has 0 amide bonds. The van der Waals surface area contributed by atoms with E-state index in [1.54, 1.807) is 0 Å². The molecule has 2 aromatic carbocycles. The zero-order valence-corrected chi connectivity index (χ0v) is 10.9. The molecule has 19 heavy (non-hydrogen) atoms.